The molecule has 1 aliphatic heterocycles. The van der Waals surface area contributed by atoms with Crippen molar-refractivity contribution in [3.63, 3.8) is 0 Å². The second-order valence-corrected chi connectivity index (χ2v) is 3.73. The second kappa shape index (κ2) is 3.88. The zero-order valence-corrected chi connectivity index (χ0v) is 8.09. The lowest BCUT2D eigenvalue weighted by Gasteiger charge is -2.24. The molecular formula is C11H16N2. The van der Waals surface area contributed by atoms with Crippen LogP contribution < -0.4 is 5.32 Å². The lowest BCUT2D eigenvalue weighted by Crippen LogP contribution is -2.27. The molecule has 1 aromatic heterocycles. The number of piperidine rings is 1. The van der Waals surface area contributed by atoms with E-state index in [1.54, 1.807) is 0 Å². The molecule has 1 aliphatic rings. The molecule has 70 valence electrons. The van der Waals surface area contributed by atoms with Crippen LogP contribution in [-0.2, 0) is 0 Å². The Morgan fingerprint density at radius 3 is 3.08 bits per heavy atom. The molecule has 0 saturated carbocycles. The molecule has 2 heterocycles. The fraction of sp³-hybridized carbons (Fsp3) is 0.545. The highest BCUT2D eigenvalue weighted by Crippen LogP contribution is 2.24. The molecular weight excluding hydrogens is 160 g/mol. The smallest absolute Gasteiger partial charge is 0.0324 e. The molecule has 1 atom stereocenters. The second-order valence-electron chi connectivity index (χ2n) is 3.73. The van der Waals surface area contributed by atoms with Gasteiger partial charge in [0.1, 0.15) is 0 Å². The molecule has 0 aliphatic carbocycles. The fourth-order valence-electron chi connectivity index (χ4n) is 1.99. The average Bonchev–Trinajstić information content (AvgIpc) is 2.20. The Morgan fingerprint density at radius 1 is 1.46 bits per heavy atom. The van der Waals surface area contributed by atoms with Crippen molar-refractivity contribution in [1.29, 1.82) is 0 Å². The summed E-state index contributed by atoms with van der Waals surface area (Å²) in [5.41, 5.74) is 2.73. The van der Waals surface area contributed by atoms with Crippen molar-refractivity contribution in [2.45, 2.75) is 32.2 Å². The fourth-order valence-corrected chi connectivity index (χ4v) is 1.99. The summed E-state index contributed by atoms with van der Waals surface area (Å²) >= 11 is 0. The van der Waals surface area contributed by atoms with E-state index in [1.165, 1.54) is 30.4 Å². The molecule has 13 heavy (non-hydrogen) atoms. The summed E-state index contributed by atoms with van der Waals surface area (Å²) in [5.74, 6) is 0. The Morgan fingerprint density at radius 2 is 2.38 bits per heavy atom. The van der Waals surface area contributed by atoms with E-state index in [2.05, 4.69) is 23.3 Å². The number of nitrogens with zero attached hydrogens (tertiary/aromatic N) is 1. The zero-order valence-electron chi connectivity index (χ0n) is 8.09. The van der Waals surface area contributed by atoms with Crippen LogP contribution in [0.3, 0.4) is 0 Å². The van der Waals surface area contributed by atoms with Gasteiger partial charge in [-0.1, -0.05) is 6.42 Å². The van der Waals surface area contributed by atoms with Gasteiger partial charge in [-0.3, -0.25) is 4.98 Å². The van der Waals surface area contributed by atoms with E-state index in [0.717, 1.165) is 6.54 Å². The molecule has 0 bridgehead atoms. The predicted molar refractivity (Wildman–Crippen MR) is 53.6 cm³/mol. The van der Waals surface area contributed by atoms with Crippen LogP contribution in [0.15, 0.2) is 18.5 Å². The summed E-state index contributed by atoms with van der Waals surface area (Å²) in [4.78, 5) is 4.11. The Bertz CT molecular complexity index is 277. The van der Waals surface area contributed by atoms with E-state index in [-0.39, 0.29) is 0 Å². The van der Waals surface area contributed by atoms with Crippen LogP contribution in [0.5, 0.6) is 0 Å². The van der Waals surface area contributed by atoms with Crippen LogP contribution >= 0.6 is 0 Å². The molecule has 1 N–H and O–H groups in total. The molecule has 1 aromatic rings. The van der Waals surface area contributed by atoms with E-state index in [0.29, 0.717) is 6.04 Å². The number of aryl methyl sites for hydroxylation is 1. The van der Waals surface area contributed by atoms with Gasteiger partial charge in [0.05, 0.1) is 0 Å². The third kappa shape index (κ3) is 1.89. The number of hydrogen-bond acceptors (Lipinski definition) is 2. The van der Waals surface area contributed by atoms with E-state index in [1.807, 2.05) is 12.4 Å². The van der Waals surface area contributed by atoms with E-state index in [9.17, 15) is 0 Å². The van der Waals surface area contributed by atoms with Crippen molar-refractivity contribution < 1.29 is 0 Å². The van der Waals surface area contributed by atoms with Crippen LogP contribution in [0.4, 0.5) is 0 Å². The minimum atomic E-state index is 0.566. The predicted octanol–water partition coefficient (Wildman–Crippen LogP) is 2.20. The molecule has 0 radical (unpaired) electrons. The molecule has 0 spiro atoms. The van der Waals surface area contributed by atoms with Gasteiger partial charge in [-0.15, -0.1) is 0 Å². The van der Waals surface area contributed by atoms with Crippen molar-refractivity contribution in [1.82, 2.24) is 10.3 Å². The number of hydrogen-bond donors (Lipinski definition) is 1. The van der Waals surface area contributed by atoms with Gasteiger partial charge in [0, 0.05) is 18.4 Å². The molecule has 0 amide bonds. The van der Waals surface area contributed by atoms with Crippen LogP contribution in [0.1, 0.15) is 36.4 Å². The molecule has 0 unspecified atom stereocenters. The molecule has 2 rings (SSSR count). The van der Waals surface area contributed by atoms with Gasteiger partial charge in [0.25, 0.3) is 0 Å². The van der Waals surface area contributed by atoms with Gasteiger partial charge < -0.3 is 5.32 Å². The summed E-state index contributed by atoms with van der Waals surface area (Å²) in [7, 11) is 0. The standard InChI is InChI=1S/C11H16N2/c1-9-8-12-7-5-10(9)11-4-2-3-6-13-11/h5,7-8,11,13H,2-4,6H2,1H3/t11-/m1/s1. The molecule has 2 nitrogen and oxygen atoms in total. The monoisotopic (exact) mass is 176 g/mol. The summed E-state index contributed by atoms with van der Waals surface area (Å²) < 4.78 is 0. The van der Waals surface area contributed by atoms with Crippen molar-refractivity contribution >= 4 is 0 Å². The van der Waals surface area contributed by atoms with E-state index in [4.69, 9.17) is 0 Å². The van der Waals surface area contributed by atoms with Crippen LogP contribution in [0, 0.1) is 6.92 Å². The Kier molecular flexibility index (Phi) is 2.60. The highest BCUT2D eigenvalue weighted by atomic mass is 14.9. The Balaban J connectivity index is 2.18. The van der Waals surface area contributed by atoms with Crippen molar-refractivity contribution in [2.75, 3.05) is 6.54 Å². The lowest BCUT2D eigenvalue weighted by atomic mass is 9.96. The van der Waals surface area contributed by atoms with Crippen LogP contribution in [0.25, 0.3) is 0 Å². The quantitative estimate of drug-likeness (QED) is 0.709. The molecule has 2 heteroatoms. The maximum Gasteiger partial charge on any atom is 0.0324 e. The molecule has 1 saturated heterocycles. The van der Waals surface area contributed by atoms with Gasteiger partial charge in [0.2, 0.25) is 0 Å². The van der Waals surface area contributed by atoms with Crippen LogP contribution in [0.2, 0.25) is 0 Å². The maximum atomic E-state index is 4.11. The summed E-state index contributed by atoms with van der Waals surface area (Å²) in [5, 5.41) is 3.55. The highest BCUT2D eigenvalue weighted by molar-refractivity contribution is 5.25. The van der Waals surface area contributed by atoms with Gasteiger partial charge in [-0.2, -0.15) is 0 Å². The third-order valence-electron chi connectivity index (χ3n) is 2.75. The zero-order chi connectivity index (χ0) is 9.10. The first-order chi connectivity index (χ1) is 6.38. The van der Waals surface area contributed by atoms with Gasteiger partial charge in [-0.05, 0) is 43.5 Å². The molecule has 0 aromatic carbocycles. The Labute approximate surface area is 79.4 Å². The molecule has 1 fully saturated rings. The van der Waals surface area contributed by atoms with Crippen molar-refractivity contribution in [3.05, 3.63) is 29.6 Å². The lowest BCUT2D eigenvalue weighted by molar-refractivity contribution is 0.411. The van der Waals surface area contributed by atoms with E-state index < -0.39 is 0 Å². The maximum absolute atomic E-state index is 4.11. The number of pyridine rings is 1. The van der Waals surface area contributed by atoms with Gasteiger partial charge >= 0.3 is 0 Å². The minimum absolute atomic E-state index is 0.566. The minimum Gasteiger partial charge on any atom is -0.310 e. The first-order valence-corrected chi connectivity index (χ1v) is 5.02. The van der Waals surface area contributed by atoms with Crippen molar-refractivity contribution in [2.24, 2.45) is 0 Å². The first-order valence-electron chi connectivity index (χ1n) is 5.02. The summed E-state index contributed by atoms with van der Waals surface area (Å²) in [6.45, 7) is 3.30. The number of nitrogens with one attached hydrogen (secondary N) is 1. The average molecular weight is 176 g/mol. The van der Waals surface area contributed by atoms with Crippen molar-refractivity contribution in [3.8, 4) is 0 Å². The number of rotatable bonds is 1. The first kappa shape index (κ1) is 8.70. The normalized spacial score (nSPS) is 23.0. The largest absolute Gasteiger partial charge is 0.310 e. The SMILES string of the molecule is Cc1cnccc1[C@H]1CCCCN1. The summed E-state index contributed by atoms with van der Waals surface area (Å²) in [6.07, 6.45) is 7.77. The summed E-state index contributed by atoms with van der Waals surface area (Å²) in [6, 6.07) is 2.70. The number of aromatic nitrogens is 1. The Hall–Kier alpha value is -0.890. The highest BCUT2D eigenvalue weighted by Gasteiger charge is 2.15. The topological polar surface area (TPSA) is 24.9 Å². The van der Waals surface area contributed by atoms with Crippen LogP contribution in [-0.4, -0.2) is 11.5 Å². The third-order valence-corrected chi connectivity index (χ3v) is 2.75. The van der Waals surface area contributed by atoms with Gasteiger partial charge in [0.15, 0.2) is 0 Å². The van der Waals surface area contributed by atoms with Gasteiger partial charge in [-0.25, -0.2) is 0 Å². The van der Waals surface area contributed by atoms with E-state index >= 15 is 0 Å².